The van der Waals surface area contributed by atoms with E-state index in [0.29, 0.717) is 6.07 Å². The van der Waals surface area contributed by atoms with Gasteiger partial charge in [-0.25, -0.2) is 12.8 Å². The van der Waals surface area contributed by atoms with Crippen LogP contribution in [-0.2, 0) is 10.0 Å². The van der Waals surface area contributed by atoms with Crippen LogP contribution in [0, 0.1) is 15.9 Å². The van der Waals surface area contributed by atoms with Gasteiger partial charge in [-0.2, -0.15) is 4.31 Å². The predicted octanol–water partition coefficient (Wildman–Crippen LogP) is 0.313. The van der Waals surface area contributed by atoms with Crippen LogP contribution in [0.1, 0.15) is 0 Å². The van der Waals surface area contributed by atoms with Gasteiger partial charge >= 0.3 is 0 Å². The molecule has 0 fully saturated rings. The standard InChI is InChI=1S/C9H12FN3O4S/c1-12(5-4-11)18(16,17)9-3-2-7(10)6-8(9)13(14)15/h2-3,6H,4-5,11H2,1H3. The normalized spacial score (nSPS) is 11.8. The first-order valence-electron chi connectivity index (χ1n) is 4.91. The lowest BCUT2D eigenvalue weighted by atomic mass is 10.3. The molecule has 0 bridgehead atoms. The van der Waals surface area contributed by atoms with Crippen LogP contribution in [-0.4, -0.2) is 37.8 Å². The fourth-order valence-electron chi connectivity index (χ4n) is 1.32. The third-order valence-electron chi connectivity index (χ3n) is 2.25. The van der Waals surface area contributed by atoms with E-state index in [-0.39, 0.29) is 13.1 Å². The topological polar surface area (TPSA) is 107 Å². The van der Waals surface area contributed by atoms with Crippen molar-refractivity contribution in [3.63, 3.8) is 0 Å². The molecule has 0 unspecified atom stereocenters. The lowest BCUT2D eigenvalue weighted by molar-refractivity contribution is -0.388. The van der Waals surface area contributed by atoms with Crippen molar-refractivity contribution in [3.8, 4) is 0 Å². The highest BCUT2D eigenvalue weighted by Crippen LogP contribution is 2.26. The van der Waals surface area contributed by atoms with Crippen LogP contribution in [0.25, 0.3) is 0 Å². The number of benzene rings is 1. The van der Waals surface area contributed by atoms with E-state index in [1.54, 1.807) is 0 Å². The summed E-state index contributed by atoms with van der Waals surface area (Å²) >= 11 is 0. The van der Waals surface area contributed by atoms with Crippen LogP contribution in [0.3, 0.4) is 0 Å². The Hall–Kier alpha value is -1.58. The molecule has 7 nitrogen and oxygen atoms in total. The van der Waals surface area contributed by atoms with E-state index in [1.807, 2.05) is 0 Å². The molecule has 9 heteroatoms. The maximum Gasteiger partial charge on any atom is 0.292 e. The van der Waals surface area contributed by atoms with E-state index in [9.17, 15) is 22.9 Å². The van der Waals surface area contributed by atoms with Crippen LogP contribution in [0.5, 0.6) is 0 Å². The van der Waals surface area contributed by atoms with Gasteiger partial charge in [-0.05, 0) is 12.1 Å². The van der Waals surface area contributed by atoms with Crippen LogP contribution in [0.4, 0.5) is 10.1 Å². The van der Waals surface area contributed by atoms with E-state index in [0.717, 1.165) is 16.4 Å². The zero-order chi connectivity index (χ0) is 13.9. The molecule has 0 saturated heterocycles. The fourth-order valence-corrected chi connectivity index (χ4v) is 2.64. The Labute approximate surface area is 103 Å². The molecule has 1 aromatic carbocycles. The summed E-state index contributed by atoms with van der Waals surface area (Å²) in [4.78, 5) is 9.24. The van der Waals surface area contributed by atoms with E-state index < -0.39 is 31.3 Å². The van der Waals surface area contributed by atoms with Gasteiger partial charge in [-0.1, -0.05) is 0 Å². The molecule has 100 valence electrons. The zero-order valence-corrected chi connectivity index (χ0v) is 10.4. The van der Waals surface area contributed by atoms with Crippen LogP contribution in [0.2, 0.25) is 0 Å². The minimum absolute atomic E-state index is 0.0108. The molecule has 0 spiro atoms. The Morgan fingerprint density at radius 1 is 1.50 bits per heavy atom. The average molecular weight is 277 g/mol. The second-order valence-electron chi connectivity index (χ2n) is 3.48. The highest BCUT2D eigenvalue weighted by atomic mass is 32.2. The molecule has 0 atom stereocenters. The molecule has 0 aliphatic carbocycles. The van der Waals surface area contributed by atoms with E-state index >= 15 is 0 Å². The van der Waals surface area contributed by atoms with Crippen molar-refractivity contribution in [3.05, 3.63) is 34.1 Å². The van der Waals surface area contributed by atoms with Crippen LogP contribution in [0.15, 0.2) is 23.1 Å². The van der Waals surface area contributed by atoms with Gasteiger partial charge in [-0.3, -0.25) is 10.1 Å². The summed E-state index contributed by atoms with van der Waals surface area (Å²) in [5, 5.41) is 10.7. The van der Waals surface area contributed by atoms with Gasteiger partial charge in [0, 0.05) is 20.1 Å². The highest BCUT2D eigenvalue weighted by molar-refractivity contribution is 7.89. The summed E-state index contributed by atoms with van der Waals surface area (Å²) in [5.41, 5.74) is 4.43. The van der Waals surface area contributed by atoms with Crippen molar-refractivity contribution in [2.75, 3.05) is 20.1 Å². The second kappa shape index (κ2) is 5.38. The van der Waals surface area contributed by atoms with Gasteiger partial charge in [0.05, 0.1) is 11.0 Å². The quantitative estimate of drug-likeness (QED) is 0.616. The lowest BCUT2D eigenvalue weighted by Gasteiger charge is -2.15. The summed E-state index contributed by atoms with van der Waals surface area (Å²) in [5.74, 6) is -0.873. The van der Waals surface area contributed by atoms with Gasteiger partial charge < -0.3 is 5.73 Å². The maximum absolute atomic E-state index is 12.9. The van der Waals surface area contributed by atoms with Gasteiger partial charge in [0.25, 0.3) is 5.69 Å². The molecule has 0 amide bonds. The van der Waals surface area contributed by atoms with E-state index in [2.05, 4.69) is 0 Å². The van der Waals surface area contributed by atoms with E-state index in [4.69, 9.17) is 5.73 Å². The molecule has 1 aromatic rings. The van der Waals surface area contributed by atoms with Gasteiger partial charge in [0.15, 0.2) is 4.90 Å². The van der Waals surface area contributed by atoms with Crippen molar-refractivity contribution in [2.24, 2.45) is 5.73 Å². The molecule has 1 rings (SSSR count). The minimum atomic E-state index is -4.05. The SMILES string of the molecule is CN(CCN)S(=O)(=O)c1ccc(F)cc1[N+](=O)[O-]. The predicted molar refractivity (Wildman–Crippen MR) is 61.9 cm³/mol. The van der Waals surface area contributed by atoms with Gasteiger partial charge in [0.1, 0.15) is 5.82 Å². The number of halogens is 1. The largest absolute Gasteiger partial charge is 0.329 e. The number of nitro benzene ring substituents is 1. The number of rotatable bonds is 5. The number of sulfonamides is 1. The Balaban J connectivity index is 3.37. The third-order valence-corrected chi connectivity index (χ3v) is 4.15. The summed E-state index contributed by atoms with van der Waals surface area (Å²) in [6.07, 6.45) is 0. The van der Waals surface area contributed by atoms with Crippen molar-refractivity contribution >= 4 is 15.7 Å². The van der Waals surface area contributed by atoms with Crippen molar-refractivity contribution in [2.45, 2.75) is 4.90 Å². The molecule has 0 radical (unpaired) electrons. The Bertz CT molecular complexity index is 561. The molecule has 0 saturated carbocycles. The minimum Gasteiger partial charge on any atom is -0.329 e. The average Bonchev–Trinajstić information content (AvgIpc) is 2.28. The molecule has 0 aliphatic rings. The molecule has 0 aliphatic heterocycles. The first-order valence-corrected chi connectivity index (χ1v) is 6.35. The monoisotopic (exact) mass is 277 g/mol. The lowest BCUT2D eigenvalue weighted by Crippen LogP contribution is -2.32. The second-order valence-corrected chi connectivity index (χ2v) is 5.50. The van der Waals surface area contributed by atoms with E-state index in [1.165, 1.54) is 7.05 Å². The summed E-state index contributed by atoms with van der Waals surface area (Å²) in [6, 6.07) is 2.30. The molecular weight excluding hydrogens is 265 g/mol. The number of nitrogens with zero attached hydrogens (tertiary/aromatic N) is 2. The van der Waals surface area contributed by atoms with Crippen molar-refractivity contribution in [1.82, 2.24) is 4.31 Å². The molecule has 0 heterocycles. The Kier molecular flexibility index (Phi) is 4.33. The maximum atomic E-state index is 12.9. The fraction of sp³-hybridized carbons (Fsp3) is 0.333. The Morgan fingerprint density at radius 3 is 2.61 bits per heavy atom. The number of nitro groups is 1. The smallest absolute Gasteiger partial charge is 0.292 e. The van der Waals surface area contributed by atoms with Gasteiger partial charge in [0.2, 0.25) is 10.0 Å². The van der Waals surface area contributed by atoms with Gasteiger partial charge in [-0.15, -0.1) is 0 Å². The number of likely N-dealkylation sites (N-methyl/N-ethyl adjacent to an activating group) is 1. The molecule has 0 aromatic heterocycles. The summed E-state index contributed by atoms with van der Waals surface area (Å²) < 4.78 is 37.8. The molecular formula is C9H12FN3O4S. The zero-order valence-electron chi connectivity index (χ0n) is 9.54. The third kappa shape index (κ3) is 2.81. The van der Waals surface area contributed by atoms with Crippen molar-refractivity contribution < 1.29 is 17.7 Å². The van der Waals surface area contributed by atoms with Crippen molar-refractivity contribution in [1.29, 1.82) is 0 Å². The summed E-state index contributed by atoms with van der Waals surface area (Å²) in [7, 11) is -2.80. The van der Waals surface area contributed by atoms with Crippen LogP contribution < -0.4 is 5.73 Å². The summed E-state index contributed by atoms with van der Waals surface area (Å²) in [6.45, 7) is 0.0849. The number of hydrogen-bond acceptors (Lipinski definition) is 5. The first kappa shape index (κ1) is 14.5. The van der Waals surface area contributed by atoms with Crippen LogP contribution >= 0.6 is 0 Å². The number of nitrogens with two attached hydrogens (primary N) is 1. The highest BCUT2D eigenvalue weighted by Gasteiger charge is 2.29. The molecule has 18 heavy (non-hydrogen) atoms. The molecule has 2 N–H and O–H groups in total. The Morgan fingerprint density at radius 2 is 2.11 bits per heavy atom. The number of hydrogen-bond donors (Lipinski definition) is 1. The first-order chi connectivity index (χ1) is 8.30.